The number of hydrogen-bond donors (Lipinski definition) is 2. The van der Waals surface area contributed by atoms with Crippen molar-refractivity contribution in [3.05, 3.63) is 36.0 Å². The molecule has 0 bridgehead atoms. The highest BCUT2D eigenvalue weighted by molar-refractivity contribution is 5.84. The fourth-order valence-corrected chi connectivity index (χ4v) is 3.48. The summed E-state index contributed by atoms with van der Waals surface area (Å²) in [4.78, 5) is 31.6. The number of benzene rings is 1. The maximum absolute atomic E-state index is 12.5. The molecule has 1 unspecified atom stereocenters. The zero-order valence-electron chi connectivity index (χ0n) is 14.9. The molecule has 2 amide bonds. The number of rotatable bonds is 5. The van der Waals surface area contributed by atoms with E-state index in [2.05, 4.69) is 22.4 Å². The number of piperazine rings is 1. The molecule has 2 heterocycles. The van der Waals surface area contributed by atoms with Gasteiger partial charge in [-0.15, -0.1) is 0 Å². The van der Waals surface area contributed by atoms with Gasteiger partial charge < -0.3 is 15.2 Å². The van der Waals surface area contributed by atoms with Crippen LogP contribution in [0.2, 0.25) is 0 Å². The second-order valence-electron chi connectivity index (χ2n) is 6.66. The number of nitrogens with zero attached hydrogens (tertiary/aromatic N) is 2. The molecule has 1 aliphatic heterocycles. The summed E-state index contributed by atoms with van der Waals surface area (Å²) in [6.07, 6.45) is 4.25. The second-order valence-corrected chi connectivity index (χ2v) is 6.66. The molecule has 1 aromatic carbocycles. The van der Waals surface area contributed by atoms with E-state index in [0.29, 0.717) is 19.5 Å². The number of H-pyrrole nitrogens is 1. The predicted molar refractivity (Wildman–Crippen MR) is 98.3 cm³/mol. The third-order valence-corrected chi connectivity index (χ3v) is 5.06. The molecule has 1 saturated heterocycles. The van der Waals surface area contributed by atoms with Crippen LogP contribution >= 0.6 is 0 Å². The van der Waals surface area contributed by atoms with Crippen molar-refractivity contribution in [2.45, 2.75) is 25.3 Å². The van der Waals surface area contributed by atoms with Gasteiger partial charge >= 0.3 is 0 Å². The molecular formula is C19H26N4O2. The Bertz CT molecular complexity index is 755. The Hall–Kier alpha value is -2.34. The number of fused-ring (bicyclic) bond motifs is 1. The zero-order valence-corrected chi connectivity index (χ0v) is 14.9. The van der Waals surface area contributed by atoms with E-state index in [-0.39, 0.29) is 17.9 Å². The molecule has 0 saturated carbocycles. The van der Waals surface area contributed by atoms with E-state index < -0.39 is 0 Å². The molecule has 3 rings (SSSR count). The molecule has 0 aliphatic carbocycles. The van der Waals surface area contributed by atoms with Gasteiger partial charge in [-0.25, -0.2) is 0 Å². The van der Waals surface area contributed by atoms with Crippen LogP contribution in [-0.2, 0) is 16.0 Å². The fourth-order valence-electron chi connectivity index (χ4n) is 3.48. The molecular weight excluding hydrogens is 316 g/mol. The Morgan fingerprint density at radius 3 is 2.88 bits per heavy atom. The second kappa shape index (κ2) is 7.70. The number of aromatic nitrogens is 1. The Morgan fingerprint density at radius 1 is 1.28 bits per heavy atom. The number of aromatic amines is 1. The molecule has 1 aromatic heterocycles. The van der Waals surface area contributed by atoms with Crippen molar-refractivity contribution in [1.29, 1.82) is 0 Å². The third kappa shape index (κ3) is 3.85. The van der Waals surface area contributed by atoms with E-state index in [9.17, 15) is 9.59 Å². The number of hydrogen-bond acceptors (Lipinski definition) is 3. The fraction of sp³-hybridized carbons (Fsp3) is 0.474. The summed E-state index contributed by atoms with van der Waals surface area (Å²) in [5.74, 6) is 0.112. The van der Waals surface area contributed by atoms with E-state index in [1.54, 1.807) is 7.05 Å². The first-order valence-electron chi connectivity index (χ1n) is 8.84. The summed E-state index contributed by atoms with van der Waals surface area (Å²) in [6.45, 7) is 1.89. The van der Waals surface area contributed by atoms with Gasteiger partial charge in [0.25, 0.3) is 0 Å². The number of amides is 2. The minimum absolute atomic E-state index is 0.0289. The molecule has 2 aromatic rings. The van der Waals surface area contributed by atoms with Crippen LogP contribution < -0.4 is 5.32 Å². The highest BCUT2D eigenvalue weighted by atomic mass is 16.2. The summed E-state index contributed by atoms with van der Waals surface area (Å²) in [5, 5.41) is 3.91. The summed E-state index contributed by atoms with van der Waals surface area (Å²) < 4.78 is 0. The van der Waals surface area contributed by atoms with Gasteiger partial charge in [0.2, 0.25) is 11.8 Å². The average molecular weight is 342 g/mol. The lowest BCUT2D eigenvalue weighted by Gasteiger charge is -2.38. The molecule has 6 heteroatoms. The lowest BCUT2D eigenvalue weighted by atomic mass is 10.1. The molecule has 0 radical (unpaired) electrons. The normalized spacial score (nSPS) is 18.5. The lowest BCUT2D eigenvalue weighted by molar-refractivity contribution is -0.137. The first-order valence-corrected chi connectivity index (χ1v) is 8.84. The largest absolute Gasteiger partial charge is 0.361 e. The number of likely N-dealkylation sites (N-methyl/N-ethyl adjacent to an activating group) is 2. The van der Waals surface area contributed by atoms with E-state index in [0.717, 1.165) is 24.9 Å². The lowest BCUT2D eigenvalue weighted by Crippen LogP contribution is -2.58. The topological polar surface area (TPSA) is 68.4 Å². The average Bonchev–Trinajstić information content (AvgIpc) is 3.04. The summed E-state index contributed by atoms with van der Waals surface area (Å²) in [5.41, 5.74) is 2.39. The van der Waals surface area contributed by atoms with Crippen molar-refractivity contribution in [2.24, 2.45) is 0 Å². The van der Waals surface area contributed by atoms with Crippen LogP contribution in [0.1, 0.15) is 18.4 Å². The number of aryl methyl sites for hydroxylation is 1. The van der Waals surface area contributed by atoms with E-state index in [1.807, 2.05) is 35.2 Å². The van der Waals surface area contributed by atoms with Gasteiger partial charge in [0.05, 0.1) is 0 Å². The van der Waals surface area contributed by atoms with Crippen LogP contribution in [0.25, 0.3) is 10.9 Å². The molecule has 0 spiro atoms. The Kier molecular flexibility index (Phi) is 5.38. The van der Waals surface area contributed by atoms with Crippen LogP contribution in [0.4, 0.5) is 0 Å². The molecule has 1 fully saturated rings. The van der Waals surface area contributed by atoms with Crippen molar-refractivity contribution in [3.8, 4) is 0 Å². The molecule has 25 heavy (non-hydrogen) atoms. The number of nitrogens with one attached hydrogen (secondary N) is 2. The van der Waals surface area contributed by atoms with Crippen molar-refractivity contribution in [1.82, 2.24) is 20.1 Å². The van der Waals surface area contributed by atoms with Crippen molar-refractivity contribution in [2.75, 3.05) is 33.7 Å². The van der Waals surface area contributed by atoms with Crippen LogP contribution in [0, 0.1) is 0 Å². The Morgan fingerprint density at radius 2 is 2.08 bits per heavy atom. The number of carbonyl (C=O) groups excluding carboxylic acids is 2. The van der Waals surface area contributed by atoms with Crippen molar-refractivity contribution >= 4 is 22.7 Å². The van der Waals surface area contributed by atoms with Gasteiger partial charge in [0, 0.05) is 50.2 Å². The summed E-state index contributed by atoms with van der Waals surface area (Å²) >= 11 is 0. The standard InChI is InChI=1S/C19H26N4O2/c1-20-19(25)17-13-23(11-10-22(17)2)18(24)9-5-6-14-12-21-16-8-4-3-7-15(14)16/h3-4,7-8,12,17,21H,5-6,9-11,13H2,1-2H3,(H,20,25). The van der Waals surface area contributed by atoms with Crippen LogP contribution in [0.15, 0.2) is 30.5 Å². The van der Waals surface area contributed by atoms with E-state index in [1.165, 1.54) is 10.9 Å². The van der Waals surface area contributed by atoms with Gasteiger partial charge in [-0.2, -0.15) is 0 Å². The Labute approximate surface area is 148 Å². The third-order valence-electron chi connectivity index (χ3n) is 5.06. The monoisotopic (exact) mass is 342 g/mol. The maximum Gasteiger partial charge on any atom is 0.238 e. The molecule has 2 N–H and O–H groups in total. The van der Waals surface area contributed by atoms with Crippen LogP contribution in [0.5, 0.6) is 0 Å². The highest BCUT2D eigenvalue weighted by Crippen LogP contribution is 2.20. The van der Waals surface area contributed by atoms with Gasteiger partial charge in [-0.1, -0.05) is 18.2 Å². The minimum Gasteiger partial charge on any atom is -0.361 e. The number of para-hydroxylation sites is 1. The van der Waals surface area contributed by atoms with E-state index in [4.69, 9.17) is 0 Å². The zero-order chi connectivity index (χ0) is 17.8. The van der Waals surface area contributed by atoms with Gasteiger partial charge in [0.15, 0.2) is 0 Å². The van der Waals surface area contributed by atoms with Crippen molar-refractivity contribution < 1.29 is 9.59 Å². The first kappa shape index (κ1) is 17.5. The smallest absolute Gasteiger partial charge is 0.238 e. The SMILES string of the molecule is CNC(=O)C1CN(C(=O)CCCc2c[nH]c3ccccc23)CCN1C. The summed E-state index contributed by atoms with van der Waals surface area (Å²) in [7, 11) is 3.57. The number of carbonyl (C=O) groups is 2. The maximum atomic E-state index is 12.5. The van der Waals surface area contributed by atoms with Gasteiger partial charge in [0.1, 0.15) is 6.04 Å². The molecule has 1 atom stereocenters. The highest BCUT2D eigenvalue weighted by Gasteiger charge is 2.31. The molecule has 134 valence electrons. The molecule has 6 nitrogen and oxygen atoms in total. The molecule has 1 aliphatic rings. The predicted octanol–water partition coefficient (Wildman–Crippen LogP) is 1.38. The first-order chi connectivity index (χ1) is 12.1. The minimum atomic E-state index is -0.253. The quantitative estimate of drug-likeness (QED) is 0.863. The summed E-state index contributed by atoms with van der Waals surface area (Å²) in [6, 6.07) is 7.97. The van der Waals surface area contributed by atoms with Crippen molar-refractivity contribution in [3.63, 3.8) is 0 Å². The van der Waals surface area contributed by atoms with E-state index >= 15 is 0 Å². The van der Waals surface area contributed by atoms with Crippen LogP contribution in [-0.4, -0.2) is 66.4 Å². The van der Waals surface area contributed by atoms with Crippen LogP contribution in [0.3, 0.4) is 0 Å². The van der Waals surface area contributed by atoms with Gasteiger partial charge in [-0.3, -0.25) is 14.5 Å². The Balaban J connectivity index is 1.53. The van der Waals surface area contributed by atoms with Gasteiger partial charge in [-0.05, 0) is 31.5 Å².